The second-order valence-electron chi connectivity index (χ2n) is 7.34. The van der Waals surface area contributed by atoms with Crippen molar-refractivity contribution in [3.05, 3.63) is 17.8 Å². The number of nitrogens with two attached hydrogens (primary N) is 1. The fourth-order valence-electron chi connectivity index (χ4n) is 2.84. The molecule has 2 aromatic rings. The molecule has 13 heteroatoms. The fraction of sp³-hybridized carbons (Fsp3) is 0.600. The summed E-state index contributed by atoms with van der Waals surface area (Å²) < 4.78 is 37.0. The molecule has 0 aliphatic carbocycles. The maximum absolute atomic E-state index is 12.3. The van der Waals surface area contributed by atoms with Crippen LogP contribution in [0.4, 0.5) is 4.79 Å². The van der Waals surface area contributed by atoms with E-state index in [0.717, 1.165) is 0 Å². The second-order valence-corrected chi connectivity index (χ2v) is 9.16. The number of fused-ring (bicyclic) bond motifs is 1. The van der Waals surface area contributed by atoms with Gasteiger partial charge in [0.05, 0.1) is 19.0 Å². The smallest absolute Gasteiger partial charge is 0.425 e. The van der Waals surface area contributed by atoms with Crippen molar-refractivity contribution in [1.82, 2.24) is 23.8 Å². The Bertz CT molecular complexity index is 988. The number of carbonyl (C=O) groups is 1. The van der Waals surface area contributed by atoms with Crippen LogP contribution in [0, 0.1) is 0 Å². The lowest BCUT2D eigenvalue weighted by Crippen LogP contribution is -2.47. The van der Waals surface area contributed by atoms with Gasteiger partial charge in [-0.2, -0.15) is 12.7 Å². The van der Waals surface area contributed by atoms with Gasteiger partial charge < -0.3 is 9.47 Å². The molecule has 0 radical (unpaired) electrons. The first-order valence-corrected chi connectivity index (χ1v) is 10.4. The van der Waals surface area contributed by atoms with Crippen molar-refractivity contribution in [3.63, 3.8) is 0 Å². The van der Waals surface area contributed by atoms with E-state index in [-0.39, 0.29) is 11.7 Å². The topological polar surface area (TPSA) is 143 Å². The van der Waals surface area contributed by atoms with Crippen molar-refractivity contribution < 1.29 is 22.7 Å². The number of amides is 1. The third kappa shape index (κ3) is 4.51. The first kappa shape index (κ1) is 20.7. The van der Waals surface area contributed by atoms with Crippen LogP contribution in [0.3, 0.4) is 0 Å². The van der Waals surface area contributed by atoms with Crippen molar-refractivity contribution in [2.45, 2.75) is 51.5 Å². The number of imidazole rings is 1. The lowest BCUT2D eigenvalue weighted by Gasteiger charge is -2.27. The molecule has 154 valence electrons. The van der Waals surface area contributed by atoms with E-state index in [9.17, 15) is 13.2 Å². The largest absolute Gasteiger partial charge is 0.443 e. The van der Waals surface area contributed by atoms with Crippen LogP contribution in [0.2, 0.25) is 5.15 Å². The summed E-state index contributed by atoms with van der Waals surface area (Å²) >= 11 is 6.01. The van der Waals surface area contributed by atoms with Crippen LogP contribution < -0.4 is 5.14 Å². The number of carbonyl (C=O) groups excluding carboxylic acids is 1. The molecule has 1 aliphatic rings. The molecule has 2 atom stereocenters. The second kappa shape index (κ2) is 7.43. The van der Waals surface area contributed by atoms with Crippen molar-refractivity contribution >= 4 is 39.1 Å². The molecule has 2 N–H and O–H groups in total. The van der Waals surface area contributed by atoms with Gasteiger partial charge in [-0.1, -0.05) is 11.6 Å². The van der Waals surface area contributed by atoms with E-state index in [2.05, 4.69) is 15.0 Å². The van der Waals surface area contributed by atoms with Gasteiger partial charge in [0.15, 0.2) is 10.8 Å². The fourth-order valence-corrected chi connectivity index (χ4v) is 3.64. The molecule has 0 aromatic carbocycles. The Morgan fingerprint density at radius 3 is 2.75 bits per heavy atom. The number of ether oxygens (including phenoxy) is 2. The molecule has 1 fully saturated rings. The van der Waals surface area contributed by atoms with Crippen LogP contribution in [0.25, 0.3) is 11.2 Å². The number of hydrogen-bond donors (Lipinski definition) is 1. The van der Waals surface area contributed by atoms with Crippen molar-refractivity contribution in [1.29, 1.82) is 0 Å². The van der Waals surface area contributed by atoms with Gasteiger partial charge in [0.2, 0.25) is 0 Å². The summed E-state index contributed by atoms with van der Waals surface area (Å²) in [5.74, 6) is 0. The van der Waals surface area contributed by atoms with Gasteiger partial charge >= 0.3 is 16.3 Å². The highest BCUT2D eigenvalue weighted by Gasteiger charge is 2.36. The van der Waals surface area contributed by atoms with E-state index >= 15 is 0 Å². The summed E-state index contributed by atoms with van der Waals surface area (Å²) in [6.07, 6.45) is 1.86. The highest BCUT2D eigenvalue weighted by Crippen LogP contribution is 2.32. The molecule has 3 heterocycles. The predicted molar refractivity (Wildman–Crippen MR) is 99.5 cm³/mol. The Hall–Kier alpha value is -2.02. The van der Waals surface area contributed by atoms with Crippen LogP contribution >= 0.6 is 11.6 Å². The molecule has 11 nitrogen and oxygen atoms in total. The molecule has 3 rings (SSSR count). The third-order valence-corrected chi connectivity index (χ3v) is 5.17. The minimum absolute atomic E-state index is 0.226. The molecule has 1 saturated heterocycles. The number of rotatable bonds is 4. The van der Waals surface area contributed by atoms with Crippen LogP contribution in [-0.2, 0) is 19.7 Å². The zero-order valence-corrected chi connectivity index (χ0v) is 17.1. The summed E-state index contributed by atoms with van der Waals surface area (Å²) in [5, 5.41) is 5.42. The van der Waals surface area contributed by atoms with Crippen molar-refractivity contribution in [2.75, 3.05) is 6.54 Å². The van der Waals surface area contributed by atoms with Crippen molar-refractivity contribution in [2.24, 2.45) is 5.14 Å². The lowest BCUT2D eigenvalue weighted by atomic mass is 10.2. The van der Waals surface area contributed by atoms with Gasteiger partial charge in [-0.05, 0) is 33.6 Å². The summed E-state index contributed by atoms with van der Waals surface area (Å²) in [5.41, 5.74) is 0.0746. The Labute approximate surface area is 167 Å². The van der Waals surface area contributed by atoms with Crippen molar-refractivity contribution in [3.8, 4) is 0 Å². The molecule has 2 aromatic heterocycles. The number of halogens is 1. The monoisotopic (exact) mass is 432 g/mol. The van der Waals surface area contributed by atoms with Crippen LogP contribution in [-0.4, -0.2) is 56.6 Å². The molecule has 0 spiro atoms. The standard InChI is InChI=1S/C15H21ClN6O5S/c1-15(2,3)27-14(23)22(28(17,24)25)6-9-4-5-10(26-9)21-8-20-11-12(16)18-7-19-13(11)21/h7-10H,4-6H2,1-3H3,(H2,17,24,25)/t9-,10-/m1/s1. The minimum atomic E-state index is -4.31. The molecule has 1 amide bonds. The molecule has 0 saturated carbocycles. The van der Waals surface area contributed by atoms with Gasteiger partial charge in [0.25, 0.3) is 0 Å². The van der Waals surface area contributed by atoms with E-state index in [1.54, 1.807) is 25.3 Å². The molecule has 0 unspecified atom stereocenters. The van der Waals surface area contributed by atoms with Gasteiger partial charge in [0.1, 0.15) is 23.7 Å². The number of hydrogen-bond acceptors (Lipinski definition) is 8. The van der Waals surface area contributed by atoms with Crippen LogP contribution in [0.1, 0.15) is 39.8 Å². The van der Waals surface area contributed by atoms with Crippen LogP contribution in [0.15, 0.2) is 12.7 Å². The first-order valence-electron chi connectivity index (χ1n) is 8.47. The number of nitrogens with zero attached hydrogens (tertiary/aromatic N) is 5. The highest BCUT2D eigenvalue weighted by atomic mass is 35.5. The van der Waals surface area contributed by atoms with E-state index in [1.807, 2.05) is 0 Å². The molecular formula is C15H21ClN6O5S. The Kier molecular flexibility index (Phi) is 5.49. The van der Waals surface area contributed by atoms with Gasteiger partial charge in [0, 0.05) is 0 Å². The maximum atomic E-state index is 12.3. The summed E-state index contributed by atoms with van der Waals surface area (Å²) in [6.45, 7) is 4.63. The Balaban J connectivity index is 1.75. The molecule has 28 heavy (non-hydrogen) atoms. The van der Waals surface area contributed by atoms with E-state index in [0.29, 0.717) is 28.3 Å². The van der Waals surface area contributed by atoms with E-state index in [1.165, 1.54) is 12.7 Å². The Morgan fingerprint density at radius 2 is 2.11 bits per heavy atom. The average Bonchev–Trinajstić information content (AvgIpc) is 3.16. The SMILES string of the molecule is CC(C)(C)OC(=O)N(C[C@H]1CC[C@H](n2cnc3c(Cl)ncnc32)O1)S(N)(=O)=O. The Morgan fingerprint density at radius 1 is 1.39 bits per heavy atom. The molecule has 1 aliphatic heterocycles. The molecular weight excluding hydrogens is 412 g/mol. The average molecular weight is 433 g/mol. The molecule has 0 bridgehead atoms. The summed E-state index contributed by atoms with van der Waals surface area (Å²) in [4.78, 5) is 24.5. The van der Waals surface area contributed by atoms with Gasteiger partial charge in [-0.25, -0.2) is 24.9 Å². The van der Waals surface area contributed by atoms with E-state index in [4.69, 9.17) is 26.2 Å². The van der Waals surface area contributed by atoms with Gasteiger partial charge in [-0.15, -0.1) is 0 Å². The number of aromatic nitrogens is 4. The normalized spacial score (nSPS) is 20.5. The van der Waals surface area contributed by atoms with Gasteiger partial charge in [-0.3, -0.25) is 4.57 Å². The highest BCUT2D eigenvalue weighted by molar-refractivity contribution is 7.87. The minimum Gasteiger partial charge on any atom is -0.443 e. The third-order valence-electron chi connectivity index (χ3n) is 3.98. The predicted octanol–water partition coefficient (Wildman–Crippen LogP) is 1.60. The lowest BCUT2D eigenvalue weighted by molar-refractivity contribution is -0.00968. The quantitative estimate of drug-likeness (QED) is 0.717. The zero-order valence-electron chi connectivity index (χ0n) is 15.6. The maximum Gasteiger partial charge on any atom is 0.425 e. The first-order chi connectivity index (χ1) is 13.0. The van der Waals surface area contributed by atoms with Crippen LogP contribution in [0.5, 0.6) is 0 Å². The zero-order chi connectivity index (χ0) is 20.7. The van der Waals surface area contributed by atoms with E-state index < -0.39 is 34.2 Å². The summed E-state index contributed by atoms with van der Waals surface area (Å²) in [7, 11) is -4.31. The summed E-state index contributed by atoms with van der Waals surface area (Å²) in [6, 6.07) is 0.